The molecule has 0 aliphatic carbocycles. The van der Waals surface area contributed by atoms with E-state index >= 15 is 0 Å². The van der Waals surface area contributed by atoms with E-state index in [1.54, 1.807) is 0 Å². The van der Waals surface area contributed by atoms with Crippen LogP contribution in [0.2, 0.25) is 0 Å². The molecule has 0 spiro atoms. The maximum Gasteiger partial charge on any atom is 0.190 e. The summed E-state index contributed by atoms with van der Waals surface area (Å²) < 4.78 is 5.81. The van der Waals surface area contributed by atoms with Crippen LogP contribution in [0.4, 0.5) is 0 Å². The van der Waals surface area contributed by atoms with Crippen molar-refractivity contribution < 1.29 is 4.74 Å². The Balaban J connectivity index is 2.22. The van der Waals surface area contributed by atoms with Crippen LogP contribution in [0.5, 0.6) is 0 Å². The number of piperazine rings is 1. The molecule has 154 valence electrons. The zero-order valence-electron chi connectivity index (χ0n) is 18.1. The molecule has 1 fully saturated rings. The lowest BCUT2D eigenvalue weighted by Crippen LogP contribution is -2.48. The first kappa shape index (κ1) is 23.2. The van der Waals surface area contributed by atoms with Crippen molar-refractivity contribution in [3.8, 4) is 0 Å². The van der Waals surface area contributed by atoms with Crippen LogP contribution in [-0.4, -0.2) is 87.9 Å². The predicted octanol–water partition coefficient (Wildman–Crippen LogP) is 1.88. The lowest BCUT2D eigenvalue weighted by molar-refractivity contribution is 0.0258. The molecule has 2 unspecified atom stereocenters. The molecule has 0 aromatic carbocycles. The zero-order valence-corrected chi connectivity index (χ0v) is 18.1. The largest absolute Gasteiger partial charge is 0.378 e. The Morgan fingerprint density at radius 2 is 1.69 bits per heavy atom. The number of ether oxygens (including phenoxy) is 1. The third-order valence-electron chi connectivity index (χ3n) is 5.17. The van der Waals surface area contributed by atoms with Crippen LogP contribution in [0, 0.1) is 11.8 Å². The van der Waals surface area contributed by atoms with Crippen molar-refractivity contribution in [3.05, 3.63) is 0 Å². The SMILES string of the molecule is CCOC(CCNC(=NC)NCC(C)CN1CCN(CC)CC1)C(C)C. The predicted molar refractivity (Wildman–Crippen MR) is 112 cm³/mol. The van der Waals surface area contributed by atoms with Crippen LogP contribution >= 0.6 is 0 Å². The molecule has 0 aromatic rings. The summed E-state index contributed by atoms with van der Waals surface area (Å²) in [6, 6.07) is 0. The molecule has 26 heavy (non-hydrogen) atoms. The average molecular weight is 370 g/mol. The first-order valence-electron chi connectivity index (χ1n) is 10.5. The van der Waals surface area contributed by atoms with Gasteiger partial charge in [0, 0.05) is 59.5 Å². The Labute approximate surface area is 161 Å². The molecule has 1 aliphatic rings. The highest BCUT2D eigenvalue weighted by atomic mass is 16.5. The first-order valence-corrected chi connectivity index (χ1v) is 10.5. The minimum absolute atomic E-state index is 0.311. The van der Waals surface area contributed by atoms with Crippen LogP contribution in [-0.2, 0) is 4.74 Å². The highest BCUT2D eigenvalue weighted by Crippen LogP contribution is 2.10. The molecule has 1 aliphatic heterocycles. The van der Waals surface area contributed by atoms with E-state index in [1.165, 1.54) is 32.7 Å². The molecule has 2 atom stereocenters. The number of nitrogens with zero attached hydrogens (tertiary/aromatic N) is 3. The molecule has 0 amide bonds. The molecule has 0 aromatic heterocycles. The second-order valence-electron chi connectivity index (χ2n) is 7.75. The van der Waals surface area contributed by atoms with Crippen molar-refractivity contribution in [1.82, 2.24) is 20.4 Å². The van der Waals surface area contributed by atoms with Gasteiger partial charge >= 0.3 is 0 Å². The van der Waals surface area contributed by atoms with Crippen LogP contribution in [0.3, 0.4) is 0 Å². The smallest absolute Gasteiger partial charge is 0.190 e. The van der Waals surface area contributed by atoms with Gasteiger partial charge in [-0.2, -0.15) is 0 Å². The lowest BCUT2D eigenvalue weighted by Gasteiger charge is -2.35. The van der Waals surface area contributed by atoms with E-state index in [1.807, 2.05) is 7.05 Å². The number of hydrogen-bond donors (Lipinski definition) is 2. The molecule has 0 saturated carbocycles. The summed E-state index contributed by atoms with van der Waals surface area (Å²) in [7, 11) is 1.84. The second kappa shape index (κ2) is 13.3. The monoisotopic (exact) mass is 369 g/mol. The van der Waals surface area contributed by atoms with Gasteiger partial charge in [-0.25, -0.2) is 0 Å². The van der Waals surface area contributed by atoms with Crippen LogP contribution in [0.1, 0.15) is 41.0 Å². The zero-order chi connectivity index (χ0) is 19.4. The molecule has 6 heteroatoms. The minimum atomic E-state index is 0.311. The van der Waals surface area contributed by atoms with Gasteiger partial charge < -0.3 is 25.2 Å². The molecule has 6 nitrogen and oxygen atoms in total. The number of likely N-dealkylation sites (N-methyl/N-ethyl adjacent to an activating group) is 1. The summed E-state index contributed by atoms with van der Waals surface area (Å²) in [5.74, 6) is 2.04. The molecule has 1 rings (SSSR count). The highest BCUT2D eigenvalue weighted by molar-refractivity contribution is 5.79. The van der Waals surface area contributed by atoms with Crippen molar-refractivity contribution >= 4 is 5.96 Å². The summed E-state index contributed by atoms with van der Waals surface area (Å²) in [6.07, 6.45) is 1.31. The van der Waals surface area contributed by atoms with Crippen LogP contribution in [0.15, 0.2) is 4.99 Å². The molecular formula is C20H43N5O. The topological polar surface area (TPSA) is 52.1 Å². The summed E-state index contributed by atoms with van der Waals surface area (Å²) in [6.45, 7) is 20.8. The van der Waals surface area contributed by atoms with Gasteiger partial charge in [0.05, 0.1) is 6.10 Å². The third-order valence-corrected chi connectivity index (χ3v) is 5.17. The Morgan fingerprint density at radius 1 is 1.04 bits per heavy atom. The third kappa shape index (κ3) is 9.19. The van der Waals surface area contributed by atoms with E-state index in [0.29, 0.717) is 17.9 Å². The van der Waals surface area contributed by atoms with Gasteiger partial charge in [0.2, 0.25) is 0 Å². The first-order chi connectivity index (χ1) is 12.5. The van der Waals surface area contributed by atoms with E-state index in [4.69, 9.17) is 4.74 Å². The van der Waals surface area contributed by atoms with Crippen molar-refractivity contribution in [3.63, 3.8) is 0 Å². The van der Waals surface area contributed by atoms with E-state index in [9.17, 15) is 0 Å². The van der Waals surface area contributed by atoms with Gasteiger partial charge in [-0.05, 0) is 31.7 Å². The van der Waals surface area contributed by atoms with Gasteiger partial charge in [0.25, 0.3) is 0 Å². The van der Waals surface area contributed by atoms with Crippen molar-refractivity contribution in [2.75, 3.05) is 66.0 Å². The van der Waals surface area contributed by atoms with E-state index < -0.39 is 0 Å². The van der Waals surface area contributed by atoms with Gasteiger partial charge in [-0.15, -0.1) is 0 Å². The minimum Gasteiger partial charge on any atom is -0.378 e. The van der Waals surface area contributed by atoms with Crippen molar-refractivity contribution in [1.29, 1.82) is 0 Å². The van der Waals surface area contributed by atoms with Gasteiger partial charge in [-0.1, -0.05) is 27.7 Å². The molecule has 0 radical (unpaired) electrons. The molecule has 2 N–H and O–H groups in total. The number of aliphatic imine (C=N–C) groups is 1. The van der Waals surface area contributed by atoms with Gasteiger partial charge in [0.15, 0.2) is 5.96 Å². The number of nitrogens with one attached hydrogen (secondary N) is 2. The Hall–Kier alpha value is -0.850. The number of guanidine groups is 1. The summed E-state index contributed by atoms with van der Waals surface area (Å²) in [5, 5.41) is 6.90. The molecular weight excluding hydrogens is 326 g/mol. The molecule has 1 saturated heterocycles. The van der Waals surface area contributed by atoms with Gasteiger partial charge in [0.1, 0.15) is 0 Å². The van der Waals surface area contributed by atoms with E-state index in [-0.39, 0.29) is 0 Å². The Kier molecular flexibility index (Phi) is 11.9. The fourth-order valence-corrected chi connectivity index (χ4v) is 3.44. The maximum atomic E-state index is 5.81. The highest BCUT2D eigenvalue weighted by Gasteiger charge is 2.17. The number of rotatable bonds is 11. The number of hydrogen-bond acceptors (Lipinski definition) is 4. The lowest BCUT2D eigenvalue weighted by atomic mass is 10.0. The molecule has 0 bridgehead atoms. The van der Waals surface area contributed by atoms with E-state index in [2.05, 4.69) is 60.0 Å². The quantitative estimate of drug-likeness (QED) is 0.430. The fraction of sp³-hybridized carbons (Fsp3) is 0.950. The average Bonchev–Trinajstić information content (AvgIpc) is 2.64. The van der Waals surface area contributed by atoms with Crippen LogP contribution in [0.25, 0.3) is 0 Å². The van der Waals surface area contributed by atoms with Gasteiger partial charge in [-0.3, -0.25) is 4.99 Å². The maximum absolute atomic E-state index is 5.81. The summed E-state index contributed by atoms with van der Waals surface area (Å²) in [5.41, 5.74) is 0. The Bertz CT molecular complexity index is 380. The molecule has 1 heterocycles. The summed E-state index contributed by atoms with van der Waals surface area (Å²) in [4.78, 5) is 9.46. The second-order valence-corrected chi connectivity index (χ2v) is 7.75. The normalized spacial score (nSPS) is 19.6. The van der Waals surface area contributed by atoms with Crippen molar-refractivity contribution in [2.45, 2.75) is 47.1 Å². The van der Waals surface area contributed by atoms with Crippen molar-refractivity contribution in [2.24, 2.45) is 16.8 Å². The fourth-order valence-electron chi connectivity index (χ4n) is 3.44. The summed E-state index contributed by atoms with van der Waals surface area (Å²) >= 11 is 0. The Morgan fingerprint density at radius 3 is 2.23 bits per heavy atom. The standard InChI is InChI=1S/C20H43N5O/c1-7-24-11-13-25(14-12-24)16-18(5)15-23-20(21-6)22-10-9-19(17(3)4)26-8-2/h17-19H,7-16H2,1-6H3,(H2,21,22,23). The van der Waals surface area contributed by atoms with Crippen LogP contribution < -0.4 is 10.6 Å². The van der Waals surface area contributed by atoms with E-state index in [0.717, 1.165) is 38.6 Å².